The van der Waals surface area contributed by atoms with Gasteiger partial charge < -0.3 is 30.2 Å². The number of methoxy groups -OCH3 is 2. The fourth-order valence-electron chi connectivity index (χ4n) is 3.18. The second-order valence-electron chi connectivity index (χ2n) is 6.85. The number of carbonyl (C=O) groups excluding carboxylic acids is 1. The van der Waals surface area contributed by atoms with Crippen molar-refractivity contribution in [2.24, 2.45) is 0 Å². The Bertz CT molecular complexity index is 1370. The van der Waals surface area contributed by atoms with Gasteiger partial charge in [0.15, 0.2) is 17.1 Å². The molecule has 10 nitrogen and oxygen atoms in total. The Morgan fingerprint density at radius 3 is 2.62 bits per heavy atom. The first-order chi connectivity index (χ1) is 15.5. The van der Waals surface area contributed by atoms with Crippen molar-refractivity contribution in [3.8, 4) is 17.2 Å². The molecule has 0 fully saturated rings. The lowest BCUT2D eigenvalue weighted by Gasteiger charge is -2.10. The monoisotopic (exact) mass is 435 g/mol. The summed E-state index contributed by atoms with van der Waals surface area (Å²) in [7, 11) is 3.05. The van der Waals surface area contributed by atoms with Crippen LogP contribution in [0.15, 0.2) is 47.3 Å². The first-order valence-corrected chi connectivity index (χ1v) is 9.72. The number of anilines is 1. The number of nitrogens with two attached hydrogens (primary N) is 1. The number of fused-ring (bicyclic) bond motifs is 2. The molecule has 0 radical (unpaired) electrons. The van der Waals surface area contributed by atoms with Gasteiger partial charge in [-0.25, -0.2) is 9.97 Å². The summed E-state index contributed by atoms with van der Waals surface area (Å²) in [5, 5.41) is 3.59. The fourth-order valence-corrected chi connectivity index (χ4v) is 3.18. The molecule has 0 aliphatic carbocycles. The second kappa shape index (κ2) is 8.80. The highest BCUT2D eigenvalue weighted by atomic mass is 16.5. The average Bonchev–Trinajstić information content (AvgIpc) is 2.79. The van der Waals surface area contributed by atoms with Crippen LogP contribution in [0.1, 0.15) is 10.6 Å². The number of hydrogen-bond acceptors (Lipinski definition) is 8. The van der Waals surface area contributed by atoms with Crippen LogP contribution in [0.5, 0.6) is 17.2 Å². The van der Waals surface area contributed by atoms with Gasteiger partial charge in [-0.3, -0.25) is 9.59 Å². The minimum absolute atomic E-state index is 0.140. The van der Waals surface area contributed by atoms with E-state index in [4.69, 9.17) is 19.9 Å². The van der Waals surface area contributed by atoms with Crippen LogP contribution in [0.25, 0.3) is 21.9 Å². The van der Waals surface area contributed by atoms with E-state index >= 15 is 0 Å². The summed E-state index contributed by atoms with van der Waals surface area (Å²) in [4.78, 5) is 36.2. The molecule has 0 saturated carbocycles. The van der Waals surface area contributed by atoms with Crippen molar-refractivity contribution in [2.75, 3.05) is 33.1 Å². The highest BCUT2D eigenvalue weighted by molar-refractivity contribution is 5.95. The van der Waals surface area contributed by atoms with Gasteiger partial charge in [-0.2, -0.15) is 0 Å². The van der Waals surface area contributed by atoms with Crippen LogP contribution in [0.3, 0.4) is 0 Å². The molecule has 0 saturated heterocycles. The van der Waals surface area contributed by atoms with Gasteiger partial charge in [-0.15, -0.1) is 0 Å². The number of amides is 1. The first-order valence-electron chi connectivity index (χ1n) is 9.72. The number of aromatic nitrogens is 3. The Morgan fingerprint density at radius 1 is 1.09 bits per heavy atom. The molecular formula is C22H21N5O5. The average molecular weight is 435 g/mol. The third-order valence-electron chi connectivity index (χ3n) is 4.72. The van der Waals surface area contributed by atoms with Gasteiger partial charge in [0.25, 0.3) is 11.5 Å². The van der Waals surface area contributed by atoms with Crippen molar-refractivity contribution < 1.29 is 19.0 Å². The van der Waals surface area contributed by atoms with E-state index in [0.717, 1.165) is 0 Å². The highest BCUT2D eigenvalue weighted by Gasteiger charge is 2.14. The van der Waals surface area contributed by atoms with Crippen LogP contribution in [0.2, 0.25) is 0 Å². The van der Waals surface area contributed by atoms with E-state index in [9.17, 15) is 9.59 Å². The zero-order valence-corrected chi connectivity index (χ0v) is 17.5. The van der Waals surface area contributed by atoms with Crippen LogP contribution in [0.4, 0.5) is 5.69 Å². The number of rotatable bonds is 7. The Kier molecular flexibility index (Phi) is 5.75. The Labute approximate surface area is 182 Å². The molecule has 4 aromatic rings. The van der Waals surface area contributed by atoms with Gasteiger partial charge in [0, 0.05) is 23.2 Å². The minimum atomic E-state index is -0.547. The Hall–Kier alpha value is -4.34. The van der Waals surface area contributed by atoms with Crippen molar-refractivity contribution in [2.45, 2.75) is 0 Å². The summed E-state index contributed by atoms with van der Waals surface area (Å²) in [6.45, 7) is 0.426. The summed E-state index contributed by atoms with van der Waals surface area (Å²) in [6.07, 6.45) is 0. The molecule has 2 heterocycles. The SMILES string of the molecule is COc1cc2cc3c(=O)[nH]c(C(=O)NCCOc4cccc(N)c4)nc3nc2cc1OC. The lowest BCUT2D eigenvalue weighted by Crippen LogP contribution is -2.31. The largest absolute Gasteiger partial charge is 0.493 e. The number of nitrogen functional groups attached to an aromatic ring is 1. The standard InChI is InChI=1S/C22H21N5O5/c1-30-17-9-12-8-15-19(25-16(12)11-18(17)31-2)26-20(27-21(15)28)22(29)24-6-7-32-14-5-3-4-13(23)10-14/h3-5,8-11H,6-7,23H2,1-2H3,(H,24,29)(H,25,26,27,28). The topological polar surface area (TPSA) is 141 Å². The lowest BCUT2D eigenvalue weighted by atomic mass is 10.1. The molecular weight excluding hydrogens is 414 g/mol. The van der Waals surface area contributed by atoms with Gasteiger partial charge in [0.2, 0.25) is 5.82 Å². The third-order valence-corrected chi connectivity index (χ3v) is 4.72. The molecule has 0 aliphatic rings. The van der Waals surface area contributed by atoms with Crippen LogP contribution >= 0.6 is 0 Å². The molecule has 32 heavy (non-hydrogen) atoms. The van der Waals surface area contributed by atoms with E-state index < -0.39 is 11.5 Å². The van der Waals surface area contributed by atoms with E-state index in [1.54, 1.807) is 42.5 Å². The first kappa shape index (κ1) is 20.9. The van der Waals surface area contributed by atoms with Crippen LogP contribution in [0, 0.1) is 0 Å². The number of ether oxygens (including phenoxy) is 3. The van der Waals surface area contributed by atoms with Crippen molar-refractivity contribution in [3.05, 3.63) is 58.6 Å². The summed E-state index contributed by atoms with van der Waals surface area (Å²) in [6, 6.07) is 12.0. The van der Waals surface area contributed by atoms with E-state index in [0.29, 0.717) is 33.8 Å². The number of benzene rings is 2. The molecule has 0 atom stereocenters. The maximum absolute atomic E-state index is 12.6. The number of carbonyl (C=O) groups is 1. The molecule has 1 amide bonds. The quantitative estimate of drug-likeness (QED) is 0.227. The molecule has 2 aromatic carbocycles. The summed E-state index contributed by atoms with van der Waals surface area (Å²) in [5.41, 5.74) is 6.51. The van der Waals surface area contributed by atoms with Gasteiger partial charge in [-0.1, -0.05) is 6.07 Å². The number of nitrogens with one attached hydrogen (secondary N) is 2. The summed E-state index contributed by atoms with van der Waals surface area (Å²) in [5.74, 6) is 0.921. The molecule has 10 heteroatoms. The second-order valence-corrected chi connectivity index (χ2v) is 6.85. The van der Waals surface area contributed by atoms with Crippen molar-refractivity contribution in [3.63, 3.8) is 0 Å². The van der Waals surface area contributed by atoms with E-state index in [1.165, 1.54) is 14.2 Å². The number of aromatic amines is 1. The van der Waals surface area contributed by atoms with Gasteiger partial charge in [0.05, 0.1) is 31.7 Å². The van der Waals surface area contributed by atoms with E-state index in [-0.39, 0.29) is 30.0 Å². The summed E-state index contributed by atoms with van der Waals surface area (Å²) < 4.78 is 16.1. The van der Waals surface area contributed by atoms with E-state index in [1.807, 2.05) is 0 Å². The Balaban J connectivity index is 1.54. The molecule has 4 rings (SSSR count). The molecule has 4 N–H and O–H groups in total. The van der Waals surface area contributed by atoms with Crippen molar-refractivity contribution in [1.82, 2.24) is 20.3 Å². The van der Waals surface area contributed by atoms with Crippen molar-refractivity contribution in [1.29, 1.82) is 0 Å². The fraction of sp³-hybridized carbons (Fsp3) is 0.182. The lowest BCUT2D eigenvalue weighted by molar-refractivity contribution is 0.0936. The smallest absolute Gasteiger partial charge is 0.287 e. The number of H-pyrrole nitrogens is 1. The normalized spacial score (nSPS) is 10.8. The zero-order valence-electron chi connectivity index (χ0n) is 17.5. The third kappa shape index (κ3) is 4.24. The highest BCUT2D eigenvalue weighted by Crippen LogP contribution is 2.32. The number of nitrogens with zero attached hydrogens (tertiary/aromatic N) is 2. The molecule has 0 bridgehead atoms. The minimum Gasteiger partial charge on any atom is -0.493 e. The maximum Gasteiger partial charge on any atom is 0.287 e. The summed E-state index contributed by atoms with van der Waals surface area (Å²) >= 11 is 0. The molecule has 0 aliphatic heterocycles. The predicted octanol–water partition coefficient (Wildman–Crippen LogP) is 1.88. The maximum atomic E-state index is 12.6. The van der Waals surface area contributed by atoms with Gasteiger partial charge in [-0.05, 0) is 24.3 Å². The number of hydrogen-bond donors (Lipinski definition) is 3. The van der Waals surface area contributed by atoms with Crippen LogP contribution in [-0.4, -0.2) is 48.2 Å². The molecule has 0 unspecified atom stereocenters. The zero-order chi connectivity index (χ0) is 22.7. The van der Waals surface area contributed by atoms with Gasteiger partial charge in [0.1, 0.15) is 12.4 Å². The number of pyridine rings is 1. The van der Waals surface area contributed by atoms with E-state index in [2.05, 4.69) is 20.3 Å². The van der Waals surface area contributed by atoms with Crippen LogP contribution in [-0.2, 0) is 0 Å². The molecule has 164 valence electrons. The van der Waals surface area contributed by atoms with Crippen molar-refractivity contribution >= 4 is 33.5 Å². The Morgan fingerprint density at radius 2 is 1.88 bits per heavy atom. The molecule has 0 spiro atoms. The predicted molar refractivity (Wildman–Crippen MR) is 119 cm³/mol. The molecule has 2 aromatic heterocycles. The van der Waals surface area contributed by atoms with Crippen LogP contribution < -0.4 is 30.8 Å². The van der Waals surface area contributed by atoms with Gasteiger partial charge >= 0.3 is 0 Å².